The van der Waals surface area contributed by atoms with Gasteiger partial charge in [0.2, 0.25) is 0 Å². The molecule has 1 atom stereocenters. The van der Waals surface area contributed by atoms with Crippen molar-refractivity contribution in [2.75, 3.05) is 7.11 Å². The van der Waals surface area contributed by atoms with E-state index in [1.54, 1.807) is 0 Å². The molecule has 1 unspecified atom stereocenters. The van der Waals surface area contributed by atoms with Gasteiger partial charge in [0.05, 0.1) is 7.11 Å². The summed E-state index contributed by atoms with van der Waals surface area (Å²) < 4.78 is 4.60. The van der Waals surface area contributed by atoms with Gasteiger partial charge in [0, 0.05) is 6.42 Å². The molecule has 0 bridgehead atoms. The number of methoxy groups -OCH3 is 1. The van der Waals surface area contributed by atoms with Crippen LogP contribution in [0.2, 0.25) is 0 Å². The van der Waals surface area contributed by atoms with Gasteiger partial charge >= 0.3 is 11.9 Å². The molecule has 0 saturated carbocycles. The van der Waals surface area contributed by atoms with Gasteiger partial charge in [-0.2, -0.15) is 0 Å². The van der Waals surface area contributed by atoms with Crippen LogP contribution in [0.25, 0.3) is 0 Å². The summed E-state index contributed by atoms with van der Waals surface area (Å²) in [5.41, 5.74) is -1.41. The van der Waals surface area contributed by atoms with Gasteiger partial charge in [-0.15, -0.1) is 12.3 Å². The zero-order chi connectivity index (χ0) is 16.8. The van der Waals surface area contributed by atoms with Gasteiger partial charge in [0.1, 0.15) is 0 Å². The van der Waals surface area contributed by atoms with Crippen LogP contribution in [0.15, 0.2) is 0 Å². The van der Waals surface area contributed by atoms with Crippen molar-refractivity contribution in [3.05, 3.63) is 0 Å². The quantitative estimate of drug-likeness (QED) is 0.240. The summed E-state index contributed by atoms with van der Waals surface area (Å²) in [5, 5.41) is 9.18. The van der Waals surface area contributed by atoms with E-state index in [4.69, 9.17) is 6.42 Å². The Morgan fingerprint density at radius 3 is 1.86 bits per heavy atom. The Hall–Kier alpha value is -1.50. The molecule has 0 aromatic heterocycles. The topological polar surface area (TPSA) is 63.6 Å². The number of esters is 1. The van der Waals surface area contributed by atoms with Crippen molar-refractivity contribution in [3.63, 3.8) is 0 Å². The molecule has 0 radical (unpaired) electrons. The smallest absolute Gasteiger partial charge is 0.322 e. The summed E-state index contributed by atoms with van der Waals surface area (Å²) in [6.07, 6.45) is 16.4. The highest BCUT2D eigenvalue weighted by Crippen LogP contribution is 2.27. The average Bonchev–Trinajstić information content (AvgIpc) is 2.51. The maximum atomic E-state index is 11.6. The Balaban J connectivity index is 3.65. The Morgan fingerprint density at radius 2 is 1.45 bits per heavy atom. The number of carbonyl (C=O) groups is 2. The van der Waals surface area contributed by atoms with Crippen molar-refractivity contribution in [2.45, 2.75) is 77.6 Å². The van der Waals surface area contributed by atoms with Crippen molar-refractivity contribution in [3.8, 4) is 12.3 Å². The third-order valence-electron chi connectivity index (χ3n) is 4.11. The highest BCUT2D eigenvalue weighted by molar-refractivity contribution is 5.98. The minimum absolute atomic E-state index is 0.334. The lowest BCUT2D eigenvalue weighted by molar-refractivity contribution is -0.166. The highest BCUT2D eigenvalue weighted by atomic mass is 16.5. The van der Waals surface area contributed by atoms with E-state index in [1.807, 2.05) is 0 Å². The summed E-state index contributed by atoms with van der Waals surface area (Å²) in [6.45, 7) is 1.44. The molecule has 126 valence electrons. The van der Waals surface area contributed by atoms with Gasteiger partial charge in [-0.3, -0.25) is 9.59 Å². The molecule has 1 N–H and O–H groups in total. The lowest BCUT2D eigenvalue weighted by Crippen LogP contribution is -2.37. The number of hydrogen-bond donors (Lipinski definition) is 1. The van der Waals surface area contributed by atoms with Gasteiger partial charge in [-0.25, -0.2) is 0 Å². The molecule has 0 spiro atoms. The molecule has 0 saturated heterocycles. The lowest BCUT2D eigenvalue weighted by Gasteiger charge is -2.21. The number of carbonyl (C=O) groups excluding carboxylic acids is 1. The molecular weight excluding hydrogens is 280 g/mol. The van der Waals surface area contributed by atoms with Crippen LogP contribution in [0.1, 0.15) is 77.6 Å². The maximum absolute atomic E-state index is 11.6. The van der Waals surface area contributed by atoms with Crippen LogP contribution in [0, 0.1) is 17.8 Å². The van der Waals surface area contributed by atoms with E-state index >= 15 is 0 Å². The van der Waals surface area contributed by atoms with E-state index in [0.29, 0.717) is 6.42 Å². The Labute approximate surface area is 134 Å². The minimum atomic E-state index is -1.41. The molecule has 0 rings (SSSR count). The van der Waals surface area contributed by atoms with E-state index in [9.17, 15) is 14.7 Å². The number of ether oxygens (including phenoxy) is 1. The summed E-state index contributed by atoms with van der Waals surface area (Å²) in [6, 6.07) is 0. The first-order valence-electron chi connectivity index (χ1n) is 8.24. The predicted octanol–water partition coefficient (Wildman–Crippen LogP) is 4.17. The van der Waals surface area contributed by atoms with E-state index in [2.05, 4.69) is 10.7 Å². The monoisotopic (exact) mass is 310 g/mol. The van der Waals surface area contributed by atoms with Crippen LogP contribution in [0.3, 0.4) is 0 Å². The average molecular weight is 310 g/mol. The second-order valence-corrected chi connectivity index (χ2v) is 6.01. The molecule has 0 aromatic rings. The number of aliphatic carboxylic acids is 1. The summed E-state index contributed by atoms with van der Waals surface area (Å²) >= 11 is 0. The first-order valence-corrected chi connectivity index (χ1v) is 8.24. The van der Waals surface area contributed by atoms with Crippen molar-refractivity contribution >= 4 is 11.9 Å². The van der Waals surface area contributed by atoms with Gasteiger partial charge in [-0.05, 0) is 19.8 Å². The van der Waals surface area contributed by atoms with Crippen molar-refractivity contribution in [1.82, 2.24) is 0 Å². The molecule has 0 heterocycles. The number of carboxylic acids is 1. The predicted molar refractivity (Wildman–Crippen MR) is 87.4 cm³/mol. The van der Waals surface area contributed by atoms with Crippen LogP contribution in [0.5, 0.6) is 0 Å². The first kappa shape index (κ1) is 20.5. The number of carboxylic acid groups (broad SMARTS) is 1. The number of hydrogen-bond acceptors (Lipinski definition) is 3. The Kier molecular flexibility index (Phi) is 11.3. The fourth-order valence-corrected chi connectivity index (χ4v) is 2.46. The largest absolute Gasteiger partial charge is 0.480 e. The minimum Gasteiger partial charge on any atom is -0.480 e. The fourth-order valence-electron chi connectivity index (χ4n) is 2.46. The zero-order valence-electron chi connectivity index (χ0n) is 14.0. The zero-order valence-corrected chi connectivity index (χ0v) is 14.0. The summed E-state index contributed by atoms with van der Waals surface area (Å²) in [5.74, 6) is 0.885. The molecule has 0 amide bonds. The van der Waals surface area contributed by atoms with Crippen LogP contribution >= 0.6 is 0 Å². The van der Waals surface area contributed by atoms with Crippen molar-refractivity contribution < 1.29 is 19.4 Å². The Bertz CT molecular complexity index is 370. The van der Waals surface area contributed by atoms with Crippen molar-refractivity contribution in [2.24, 2.45) is 5.41 Å². The third kappa shape index (κ3) is 8.07. The van der Waals surface area contributed by atoms with Crippen LogP contribution in [-0.4, -0.2) is 24.2 Å². The summed E-state index contributed by atoms with van der Waals surface area (Å²) in [7, 11) is 1.23. The number of unbranched alkanes of at least 4 members (excludes halogenated alkanes) is 9. The molecule has 4 heteroatoms. The number of rotatable bonds is 13. The van der Waals surface area contributed by atoms with Gasteiger partial charge in [0.25, 0.3) is 0 Å². The van der Waals surface area contributed by atoms with Gasteiger partial charge < -0.3 is 9.84 Å². The van der Waals surface area contributed by atoms with Gasteiger partial charge in [0.15, 0.2) is 5.41 Å². The molecule has 0 aliphatic rings. The Morgan fingerprint density at radius 1 is 1.00 bits per heavy atom. The molecule has 22 heavy (non-hydrogen) atoms. The number of terminal acetylenes is 1. The SMILES string of the molecule is C#CCCCCCCCCCCCC(C)(C(=O)O)C(=O)OC. The van der Waals surface area contributed by atoms with Crippen LogP contribution < -0.4 is 0 Å². The second-order valence-electron chi connectivity index (χ2n) is 6.01. The maximum Gasteiger partial charge on any atom is 0.322 e. The third-order valence-corrected chi connectivity index (χ3v) is 4.11. The van der Waals surface area contributed by atoms with Crippen molar-refractivity contribution in [1.29, 1.82) is 0 Å². The van der Waals surface area contributed by atoms with Gasteiger partial charge in [-0.1, -0.05) is 51.4 Å². The van der Waals surface area contributed by atoms with E-state index < -0.39 is 17.4 Å². The lowest BCUT2D eigenvalue weighted by atomic mass is 9.84. The van der Waals surface area contributed by atoms with Crippen LogP contribution in [-0.2, 0) is 14.3 Å². The molecule has 0 aromatic carbocycles. The van der Waals surface area contributed by atoms with E-state index in [0.717, 1.165) is 38.5 Å². The molecule has 0 fully saturated rings. The molecular formula is C18H30O4. The molecule has 0 aliphatic heterocycles. The van der Waals surface area contributed by atoms with E-state index in [1.165, 1.54) is 39.7 Å². The normalized spacial score (nSPS) is 13.1. The molecule has 0 aliphatic carbocycles. The molecule has 4 nitrogen and oxygen atoms in total. The van der Waals surface area contributed by atoms with E-state index in [-0.39, 0.29) is 0 Å². The fraction of sp³-hybridized carbons (Fsp3) is 0.778. The van der Waals surface area contributed by atoms with Crippen LogP contribution in [0.4, 0.5) is 0 Å². The second kappa shape index (κ2) is 12.1. The highest BCUT2D eigenvalue weighted by Gasteiger charge is 2.41. The first-order chi connectivity index (χ1) is 10.5. The standard InChI is InChI=1S/C18H30O4/c1-4-5-6-7-8-9-10-11-12-13-14-15-18(2,16(19)20)17(21)22-3/h1H,5-15H2,2-3H3,(H,19,20). The summed E-state index contributed by atoms with van der Waals surface area (Å²) in [4.78, 5) is 22.8.